The van der Waals surface area contributed by atoms with Crippen molar-refractivity contribution < 1.29 is 0 Å². The molecule has 1 fully saturated rings. The Labute approximate surface area is 89.1 Å². The van der Waals surface area contributed by atoms with Gasteiger partial charge < -0.3 is 0 Å². The second-order valence-electron chi connectivity index (χ2n) is 5.35. The largest absolute Gasteiger partial charge is 0.103 e. The molecule has 1 saturated carbocycles. The topological polar surface area (TPSA) is 0 Å². The van der Waals surface area contributed by atoms with Crippen LogP contribution in [0.4, 0.5) is 0 Å². The van der Waals surface area contributed by atoms with Crippen molar-refractivity contribution in [1.82, 2.24) is 0 Å². The molecule has 1 aliphatic carbocycles. The van der Waals surface area contributed by atoms with Gasteiger partial charge in [0.25, 0.3) is 0 Å². The van der Waals surface area contributed by atoms with Crippen molar-refractivity contribution in [3.8, 4) is 0 Å². The minimum Gasteiger partial charge on any atom is -0.103 e. The van der Waals surface area contributed by atoms with Gasteiger partial charge in [-0.1, -0.05) is 45.9 Å². The molecule has 0 saturated heterocycles. The smallest absolute Gasteiger partial charge is 0.0119 e. The van der Waals surface area contributed by atoms with Crippen LogP contribution in [-0.4, -0.2) is 0 Å². The van der Waals surface area contributed by atoms with Gasteiger partial charge in [0, 0.05) is 0 Å². The fourth-order valence-electron chi connectivity index (χ4n) is 3.06. The van der Waals surface area contributed by atoms with E-state index in [1.165, 1.54) is 6.42 Å². The predicted molar refractivity (Wildman–Crippen MR) is 64.2 cm³/mol. The maximum atomic E-state index is 4.00. The fourth-order valence-corrected chi connectivity index (χ4v) is 3.06. The van der Waals surface area contributed by atoms with Crippen LogP contribution in [0.15, 0.2) is 24.8 Å². The summed E-state index contributed by atoms with van der Waals surface area (Å²) >= 11 is 0. The molecule has 1 rings (SSSR count). The molecule has 3 unspecified atom stereocenters. The second-order valence-corrected chi connectivity index (χ2v) is 5.35. The molecular formula is C14H24. The lowest BCUT2D eigenvalue weighted by Crippen LogP contribution is -2.19. The average molecular weight is 192 g/mol. The van der Waals surface area contributed by atoms with Crippen molar-refractivity contribution >= 4 is 0 Å². The maximum Gasteiger partial charge on any atom is -0.0119 e. The van der Waals surface area contributed by atoms with Crippen molar-refractivity contribution in [3.63, 3.8) is 0 Å². The number of rotatable bonds is 3. The average Bonchev–Trinajstić information content (AvgIpc) is 2.31. The van der Waals surface area contributed by atoms with E-state index >= 15 is 0 Å². The third-order valence-electron chi connectivity index (χ3n) is 3.67. The molecule has 0 bridgehead atoms. The third-order valence-corrected chi connectivity index (χ3v) is 3.67. The van der Waals surface area contributed by atoms with E-state index in [2.05, 4.69) is 52.5 Å². The molecule has 3 atom stereocenters. The molecule has 0 spiro atoms. The Morgan fingerprint density at radius 1 is 1.43 bits per heavy atom. The molecule has 1 aliphatic rings. The molecule has 0 heteroatoms. The van der Waals surface area contributed by atoms with Crippen molar-refractivity contribution in [3.05, 3.63) is 24.8 Å². The summed E-state index contributed by atoms with van der Waals surface area (Å²) in [5.41, 5.74) is 0.434. The highest BCUT2D eigenvalue weighted by molar-refractivity contribution is 5.08. The van der Waals surface area contributed by atoms with E-state index in [9.17, 15) is 0 Å². The minimum absolute atomic E-state index is 0.434. The molecule has 0 nitrogen and oxygen atoms in total. The monoisotopic (exact) mass is 192 g/mol. The first-order valence-corrected chi connectivity index (χ1v) is 5.82. The van der Waals surface area contributed by atoms with Crippen LogP contribution in [0.25, 0.3) is 0 Å². The third kappa shape index (κ3) is 2.10. The highest BCUT2D eigenvalue weighted by atomic mass is 14.5. The summed E-state index contributed by atoms with van der Waals surface area (Å²) in [5, 5.41) is 0. The predicted octanol–water partition coefficient (Wildman–Crippen LogP) is 4.44. The zero-order chi connectivity index (χ0) is 10.8. The summed E-state index contributed by atoms with van der Waals surface area (Å²) in [5.74, 6) is 2.17. The van der Waals surface area contributed by atoms with Gasteiger partial charge in [0.15, 0.2) is 0 Å². The molecule has 0 radical (unpaired) electrons. The number of hydrogen-bond donors (Lipinski definition) is 0. The summed E-state index contributed by atoms with van der Waals surface area (Å²) < 4.78 is 0. The molecule has 0 heterocycles. The lowest BCUT2D eigenvalue weighted by molar-refractivity contribution is 0.290. The Morgan fingerprint density at radius 2 is 2.07 bits per heavy atom. The van der Waals surface area contributed by atoms with Crippen LogP contribution < -0.4 is 0 Å². The summed E-state index contributed by atoms with van der Waals surface area (Å²) in [7, 11) is 0. The molecule has 80 valence electrons. The van der Waals surface area contributed by atoms with Gasteiger partial charge in [0.1, 0.15) is 0 Å². The van der Waals surface area contributed by atoms with Crippen LogP contribution >= 0.6 is 0 Å². The van der Waals surface area contributed by atoms with Crippen molar-refractivity contribution in [1.29, 1.82) is 0 Å². The van der Waals surface area contributed by atoms with Gasteiger partial charge >= 0.3 is 0 Å². The van der Waals surface area contributed by atoms with Crippen LogP contribution in [0, 0.1) is 23.2 Å². The standard InChI is InChI=1S/C14H24/c1-6-8-9-12-11(3)10-14(4,5)13(12)7-2/h7-9,11-13H,2,6,10H2,1,3-5H3/b9-8-. The molecule has 14 heavy (non-hydrogen) atoms. The summed E-state index contributed by atoms with van der Waals surface area (Å²) in [6.07, 6.45) is 9.34. The van der Waals surface area contributed by atoms with Crippen LogP contribution in [0.5, 0.6) is 0 Å². The van der Waals surface area contributed by atoms with Crippen molar-refractivity contribution in [2.75, 3.05) is 0 Å². The van der Waals surface area contributed by atoms with E-state index in [1.807, 2.05) is 0 Å². The highest BCUT2D eigenvalue weighted by Gasteiger charge is 2.42. The highest BCUT2D eigenvalue weighted by Crippen LogP contribution is 2.50. The van der Waals surface area contributed by atoms with Crippen LogP contribution in [0.1, 0.15) is 40.5 Å². The Balaban J connectivity index is 2.83. The van der Waals surface area contributed by atoms with E-state index in [1.54, 1.807) is 0 Å². The molecule has 0 N–H and O–H groups in total. The normalized spacial score (nSPS) is 36.4. The molecular weight excluding hydrogens is 168 g/mol. The minimum atomic E-state index is 0.434. The van der Waals surface area contributed by atoms with E-state index in [0.717, 1.165) is 12.3 Å². The summed E-state index contributed by atoms with van der Waals surface area (Å²) in [6.45, 7) is 13.3. The van der Waals surface area contributed by atoms with Gasteiger partial charge in [0.05, 0.1) is 0 Å². The van der Waals surface area contributed by atoms with Gasteiger partial charge in [0.2, 0.25) is 0 Å². The van der Waals surface area contributed by atoms with E-state index in [0.29, 0.717) is 17.3 Å². The lowest BCUT2D eigenvalue weighted by Gasteiger charge is -2.26. The van der Waals surface area contributed by atoms with Crippen LogP contribution in [-0.2, 0) is 0 Å². The molecule has 0 aliphatic heterocycles. The Morgan fingerprint density at radius 3 is 2.57 bits per heavy atom. The summed E-state index contributed by atoms with van der Waals surface area (Å²) in [6, 6.07) is 0. The van der Waals surface area contributed by atoms with Gasteiger partial charge in [-0.2, -0.15) is 0 Å². The zero-order valence-corrected chi connectivity index (χ0v) is 10.1. The van der Waals surface area contributed by atoms with E-state index < -0.39 is 0 Å². The number of allylic oxidation sites excluding steroid dienone is 3. The Kier molecular flexibility index (Phi) is 3.58. The first-order valence-electron chi connectivity index (χ1n) is 5.82. The zero-order valence-electron chi connectivity index (χ0n) is 10.1. The van der Waals surface area contributed by atoms with E-state index in [4.69, 9.17) is 0 Å². The fraction of sp³-hybridized carbons (Fsp3) is 0.714. The van der Waals surface area contributed by atoms with Gasteiger partial charge in [-0.3, -0.25) is 0 Å². The molecule has 0 aromatic heterocycles. The quantitative estimate of drug-likeness (QED) is 0.580. The first-order chi connectivity index (χ1) is 6.53. The van der Waals surface area contributed by atoms with Crippen LogP contribution in [0.3, 0.4) is 0 Å². The maximum absolute atomic E-state index is 4.00. The SMILES string of the molecule is C=CC1C(/C=C\CC)C(C)CC1(C)C. The van der Waals surface area contributed by atoms with E-state index in [-0.39, 0.29) is 0 Å². The van der Waals surface area contributed by atoms with Gasteiger partial charge in [-0.05, 0) is 36.0 Å². The second kappa shape index (κ2) is 4.33. The van der Waals surface area contributed by atoms with Crippen molar-refractivity contribution in [2.45, 2.75) is 40.5 Å². The van der Waals surface area contributed by atoms with Gasteiger partial charge in [-0.25, -0.2) is 0 Å². The van der Waals surface area contributed by atoms with Crippen LogP contribution in [0.2, 0.25) is 0 Å². The Bertz CT molecular complexity index is 222. The van der Waals surface area contributed by atoms with Crippen molar-refractivity contribution in [2.24, 2.45) is 23.2 Å². The Hall–Kier alpha value is -0.520. The molecule has 0 aromatic carbocycles. The number of hydrogen-bond acceptors (Lipinski definition) is 0. The first kappa shape index (κ1) is 11.6. The van der Waals surface area contributed by atoms with Gasteiger partial charge in [-0.15, -0.1) is 6.58 Å². The lowest BCUT2D eigenvalue weighted by atomic mass is 9.78. The summed E-state index contributed by atoms with van der Waals surface area (Å²) in [4.78, 5) is 0. The molecule has 0 amide bonds. The molecule has 0 aromatic rings.